The largest absolute Gasteiger partial charge is 0.368 e. The molecule has 1 aliphatic carbocycles. The molecule has 1 saturated carbocycles. The van der Waals surface area contributed by atoms with Gasteiger partial charge in [-0.05, 0) is 30.7 Å². The molecule has 138 valence electrons. The van der Waals surface area contributed by atoms with Crippen LogP contribution in [0.4, 0.5) is 0 Å². The van der Waals surface area contributed by atoms with Crippen LogP contribution in [0, 0.1) is 5.92 Å². The van der Waals surface area contributed by atoms with Crippen molar-refractivity contribution in [2.24, 2.45) is 11.7 Å². The Bertz CT molecular complexity index is 775. The first-order valence-electron chi connectivity index (χ1n) is 9.53. The quantitative estimate of drug-likeness (QED) is 0.860. The highest BCUT2D eigenvalue weighted by molar-refractivity contribution is 5.79. The summed E-state index contributed by atoms with van der Waals surface area (Å²) in [5.74, 6) is 1.69. The van der Waals surface area contributed by atoms with Gasteiger partial charge in [-0.25, -0.2) is 0 Å². The maximum Gasteiger partial charge on any atom is 0.234 e. The van der Waals surface area contributed by atoms with E-state index in [1.54, 1.807) is 0 Å². The lowest BCUT2D eigenvalue weighted by Crippen LogP contribution is -2.44. The van der Waals surface area contributed by atoms with E-state index in [9.17, 15) is 4.79 Å². The molecule has 0 radical (unpaired) electrons. The fourth-order valence-electron chi connectivity index (χ4n) is 4.86. The number of amides is 1. The Hall–Kier alpha value is -2.21. The SMILES string of the molecule is CCC(C(N)=O)N1C[C@H]2CCC[C@@]2(c2nc(Cc3ccccc3)no2)C1. The number of hydrogen-bond acceptors (Lipinski definition) is 5. The molecule has 4 rings (SSSR count). The molecule has 0 bridgehead atoms. The van der Waals surface area contributed by atoms with Crippen LogP contribution >= 0.6 is 0 Å². The van der Waals surface area contributed by atoms with Gasteiger partial charge in [-0.3, -0.25) is 9.69 Å². The smallest absolute Gasteiger partial charge is 0.234 e. The van der Waals surface area contributed by atoms with Crippen LogP contribution in [0.15, 0.2) is 34.9 Å². The number of fused-ring (bicyclic) bond motifs is 1. The van der Waals surface area contributed by atoms with E-state index in [0.717, 1.165) is 44.1 Å². The summed E-state index contributed by atoms with van der Waals surface area (Å²) in [6, 6.07) is 9.98. The Balaban J connectivity index is 1.57. The average Bonchev–Trinajstić information content (AvgIpc) is 3.30. The van der Waals surface area contributed by atoms with Gasteiger partial charge in [-0.15, -0.1) is 0 Å². The van der Waals surface area contributed by atoms with Gasteiger partial charge in [0.05, 0.1) is 11.5 Å². The Morgan fingerprint density at radius 2 is 2.23 bits per heavy atom. The maximum atomic E-state index is 11.8. The minimum atomic E-state index is -0.238. The molecule has 1 aromatic carbocycles. The summed E-state index contributed by atoms with van der Waals surface area (Å²) in [7, 11) is 0. The van der Waals surface area contributed by atoms with Gasteiger partial charge in [-0.2, -0.15) is 4.98 Å². The van der Waals surface area contributed by atoms with Crippen molar-refractivity contribution in [1.82, 2.24) is 15.0 Å². The topological polar surface area (TPSA) is 85.3 Å². The Morgan fingerprint density at radius 1 is 1.42 bits per heavy atom. The molecule has 2 fully saturated rings. The Kier molecular flexibility index (Phi) is 4.53. The summed E-state index contributed by atoms with van der Waals surface area (Å²) in [4.78, 5) is 18.8. The molecule has 26 heavy (non-hydrogen) atoms. The number of benzene rings is 1. The first-order valence-corrected chi connectivity index (χ1v) is 9.53. The number of aromatic nitrogens is 2. The molecule has 6 nitrogen and oxygen atoms in total. The van der Waals surface area contributed by atoms with E-state index in [2.05, 4.69) is 22.2 Å². The normalized spacial score (nSPS) is 26.7. The van der Waals surface area contributed by atoms with Crippen LogP contribution < -0.4 is 5.73 Å². The highest BCUT2D eigenvalue weighted by atomic mass is 16.5. The third kappa shape index (κ3) is 2.92. The van der Waals surface area contributed by atoms with E-state index >= 15 is 0 Å². The van der Waals surface area contributed by atoms with Gasteiger partial charge in [0.15, 0.2) is 5.82 Å². The van der Waals surface area contributed by atoms with E-state index in [0.29, 0.717) is 12.3 Å². The van der Waals surface area contributed by atoms with E-state index in [1.165, 1.54) is 12.0 Å². The summed E-state index contributed by atoms with van der Waals surface area (Å²) < 4.78 is 5.74. The van der Waals surface area contributed by atoms with Crippen molar-refractivity contribution in [1.29, 1.82) is 0 Å². The van der Waals surface area contributed by atoms with Gasteiger partial charge in [0, 0.05) is 19.5 Å². The lowest BCUT2D eigenvalue weighted by Gasteiger charge is -2.27. The zero-order chi connectivity index (χ0) is 18.1. The molecule has 0 spiro atoms. The number of rotatable bonds is 6. The molecule has 1 unspecified atom stereocenters. The van der Waals surface area contributed by atoms with Gasteiger partial charge in [0.1, 0.15) is 0 Å². The van der Waals surface area contributed by atoms with Crippen LogP contribution in [-0.4, -0.2) is 40.1 Å². The molecule has 1 aromatic heterocycles. The number of carbonyl (C=O) groups is 1. The van der Waals surface area contributed by atoms with Gasteiger partial charge in [-0.1, -0.05) is 48.8 Å². The summed E-state index contributed by atoms with van der Waals surface area (Å²) in [6.45, 7) is 3.69. The molecule has 1 saturated heterocycles. The van der Waals surface area contributed by atoms with E-state index < -0.39 is 0 Å². The predicted molar refractivity (Wildman–Crippen MR) is 97.4 cm³/mol. The number of likely N-dealkylation sites (tertiary alicyclic amines) is 1. The molecule has 2 heterocycles. The molecule has 1 aliphatic heterocycles. The lowest BCUT2D eigenvalue weighted by molar-refractivity contribution is -0.123. The van der Waals surface area contributed by atoms with Crippen molar-refractivity contribution in [3.63, 3.8) is 0 Å². The number of nitrogens with zero attached hydrogens (tertiary/aromatic N) is 3. The molecule has 1 amide bonds. The molecule has 6 heteroatoms. The van der Waals surface area contributed by atoms with Gasteiger partial charge < -0.3 is 10.3 Å². The number of carbonyl (C=O) groups excluding carboxylic acids is 1. The summed E-state index contributed by atoms with van der Waals surface area (Å²) in [5, 5.41) is 4.24. The summed E-state index contributed by atoms with van der Waals surface area (Å²) >= 11 is 0. The van der Waals surface area contributed by atoms with Crippen LogP contribution in [0.1, 0.15) is 49.9 Å². The molecular weight excluding hydrogens is 328 g/mol. The molecule has 2 aromatic rings. The zero-order valence-corrected chi connectivity index (χ0v) is 15.2. The van der Waals surface area contributed by atoms with Gasteiger partial charge in [0.2, 0.25) is 11.8 Å². The van der Waals surface area contributed by atoms with Gasteiger partial charge in [0.25, 0.3) is 0 Å². The summed E-state index contributed by atoms with van der Waals surface area (Å²) in [6.07, 6.45) is 4.76. The third-order valence-corrected chi connectivity index (χ3v) is 6.15. The second-order valence-electron chi connectivity index (χ2n) is 7.68. The molecular formula is C20H26N4O2. The van der Waals surface area contributed by atoms with Crippen molar-refractivity contribution < 1.29 is 9.32 Å². The van der Waals surface area contributed by atoms with Crippen molar-refractivity contribution in [2.75, 3.05) is 13.1 Å². The number of nitrogens with two attached hydrogens (primary N) is 1. The van der Waals surface area contributed by atoms with Crippen LogP contribution in [0.3, 0.4) is 0 Å². The highest BCUT2D eigenvalue weighted by Crippen LogP contribution is 2.50. The highest BCUT2D eigenvalue weighted by Gasteiger charge is 2.55. The van der Waals surface area contributed by atoms with Crippen molar-refractivity contribution in [2.45, 2.75) is 50.5 Å². The van der Waals surface area contributed by atoms with Crippen LogP contribution in [0.25, 0.3) is 0 Å². The fraction of sp³-hybridized carbons (Fsp3) is 0.550. The molecule has 3 atom stereocenters. The summed E-state index contributed by atoms with van der Waals surface area (Å²) in [5.41, 5.74) is 6.67. The van der Waals surface area contributed by atoms with Gasteiger partial charge >= 0.3 is 0 Å². The molecule has 2 N–H and O–H groups in total. The number of primary amides is 1. The van der Waals surface area contributed by atoms with Crippen molar-refractivity contribution in [3.8, 4) is 0 Å². The van der Waals surface area contributed by atoms with Crippen LogP contribution in [-0.2, 0) is 16.6 Å². The number of hydrogen-bond donors (Lipinski definition) is 1. The first-order chi connectivity index (χ1) is 12.6. The van der Waals surface area contributed by atoms with Crippen molar-refractivity contribution >= 4 is 5.91 Å². The minimum absolute atomic E-state index is 0.120. The van der Waals surface area contributed by atoms with E-state index in [1.807, 2.05) is 25.1 Å². The average molecular weight is 354 g/mol. The predicted octanol–water partition coefficient (Wildman–Crippen LogP) is 2.28. The van der Waals surface area contributed by atoms with Crippen LogP contribution in [0.2, 0.25) is 0 Å². The lowest BCUT2D eigenvalue weighted by atomic mass is 9.80. The first kappa shape index (κ1) is 17.2. The van der Waals surface area contributed by atoms with E-state index in [4.69, 9.17) is 15.2 Å². The standard InChI is InChI=1S/C20H26N4O2/c1-2-16(18(21)25)24-12-15-9-6-10-20(15,13-24)19-22-17(23-26-19)11-14-7-4-3-5-8-14/h3-5,7-8,15-16H,2,6,9-13H2,1H3,(H2,21,25)/t15-,16?,20-/m1/s1. The fourth-order valence-corrected chi connectivity index (χ4v) is 4.86. The third-order valence-electron chi connectivity index (χ3n) is 6.15. The monoisotopic (exact) mass is 354 g/mol. The molecule has 2 aliphatic rings. The van der Waals surface area contributed by atoms with E-state index in [-0.39, 0.29) is 17.4 Å². The van der Waals surface area contributed by atoms with Crippen LogP contribution in [0.5, 0.6) is 0 Å². The minimum Gasteiger partial charge on any atom is -0.368 e. The second kappa shape index (κ2) is 6.83. The van der Waals surface area contributed by atoms with Crippen molar-refractivity contribution in [3.05, 3.63) is 47.6 Å². The Morgan fingerprint density at radius 3 is 2.96 bits per heavy atom. The second-order valence-corrected chi connectivity index (χ2v) is 7.68. The Labute approximate surface area is 153 Å². The zero-order valence-electron chi connectivity index (χ0n) is 15.2. The maximum absolute atomic E-state index is 11.8.